The van der Waals surface area contributed by atoms with Gasteiger partial charge in [-0.25, -0.2) is 0 Å². The number of fused-ring (bicyclic) bond motifs is 1. The van der Waals surface area contributed by atoms with Crippen molar-refractivity contribution in [1.82, 2.24) is 5.32 Å². The van der Waals surface area contributed by atoms with Crippen LogP contribution in [0.2, 0.25) is 0 Å². The standard InChI is InChI=1S/C15H20N2O2/c1-19-13-8-14(16-9-13)15(18)17-12-6-5-10-3-2-4-11(10)7-12/h5-7,13-14,16H,2-4,8-9H2,1H3,(H,17,18). The van der Waals surface area contributed by atoms with Crippen LogP contribution >= 0.6 is 0 Å². The van der Waals surface area contributed by atoms with E-state index < -0.39 is 0 Å². The lowest BCUT2D eigenvalue weighted by atomic mass is 10.1. The third-order valence-electron chi connectivity index (χ3n) is 4.11. The molecule has 0 saturated carbocycles. The fraction of sp³-hybridized carbons (Fsp3) is 0.533. The molecule has 4 heteroatoms. The first-order valence-electron chi connectivity index (χ1n) is 6.95. The molecule has 2 atom stereocenters. The van der Waals surface area contributed by atoms with Crippen molar-refractivity contribution in [3.63, 3.8) is 0 Å². The average molecular weight is 260 g/mol. The van der Waals surface area contributed by atoms with Gasteiger partial charge in [-0.2, -0.15) is 0 Å². The van der Waals surface area contributed by atoms with Gasteiger partial charge in [-0.15, -0.1) is 0 Å². The molecule has 1 heterocycles. The van der Waals surface area contributed by atoms with Gasteiger partial charge >= 0.3 is 0 Å². The van der Waals surface area contributed by atoms with Crippen LogP contribution in [0.5, 0.6) is 0 Å². The van der Waals surface area contributed by atoms with E-state index >= 15 is 0 Å². The lowest BCUT2D eigenvalue weighted by Crippen LogP contribution is -2.35. The maximum absolute atomic E-state index is 12.1. The van der Waals surface area contributed by atoms with Gasteiger partial charge in [0.1, 0.15) is 0 Å². The molecule has 19 heavy (non-hydrogen) atoms. The molecular formula is C15H20N2O2. The van der Waals surface area contributed by atoms with Crippen LogP contribution in [0, 0.1) is 0 Å². The molecule has 1 aliphatic heterocycles. The second-order valence-electron chi connectivity index (χ2n) is 5.38. The lowest BCUT2D eigenvalue weighted by Gasteiger charge is -2.12. The van der Waals surface area contributed by atoms with Crippen LogP contribution in [-0.2, 0) is 22.4 Å². The zero-order valence-corrected chi connectivity index (χ0v) is 11.2. The number of carbonyl (C=O) groups excluding carboxylic acids is 1. The van der Waals surface area contributed by atoms with E-state index in [-0.39, 0.29) is 18.1 Å². The van der Waals surface area contributed by atoms with Crippen LogP contribution < -0.4 is 10.6 Å². The van der Waals surface area contributed by atoms with Gasteiger partial charge in [0.2, 0.25) is 5.91 Å². The number of anilines is 1. The van der Waals surface area contributed by atoms with Crippen molar-refractivity contribution in [1.29, 1.82) is 0 Å². The highest BCUT2D eigenvalue weighted by molar-refractivity contribution is 5.95. The number of carbonyl (C=O) groups is 1. The Morgan fingerprint density at radius 3 is 3.00 bits per heavy atom. The predicted octanol–water partition coefficient (Wildman–Crippen LogP) is 1.49. The van der Waals surface area contributed by atoms with E-state index in [0.717, 1.165) is 25.1 Å². The first kappa shape index (κ1) is 12.6. The zero-order chi connectivity index (χ0) is 13.2. The SMILES string of the molecule is COC1CNC(C(=O)Nc2ccc3c(c2)CCC3)C1. The Morgan fingerprint density at radius 2 is 2.21 bits per heavy atom. The van der Waals surface area contributed by atoms with Gasteiger partial charge in [0, 0.05) is 19.3 Å². The Labute approximate surface area is 113 Å². The third-order valence-corrected chi connectivity index (χ3v) is 4.11. The molecule has 0 radical (unpaired) electrons. The lowest BCUT2D eigenvalue weighted by molar-refractivity contribution is -0.118. The van der Waals surface area contributed by atoms with Gasteiger partial charge in [0.15, 0.2) is 0 Å². The van der Waals surface area contributed by atoms with Crippen LogP contribution in [0.4, 0.5) is 5.69 Å². The quantitative estimate of drug-likeness (QED) is 0.865. The predicted molar refractivity (Wildman–Crippen MR) is 74.3 cm³/mol. The van der Waals surface area contributed by atoms with E-state index in [1.165, 1.54) is 24.0 Å². The van der Waals surface area contributed by atoms with Crippen molar-refractivity contribution in [3.8, 4) is 0 Å². The third kappa shape index (κ3) is 2.65. The molecule has 2 N–H and O–H groups in total. The molecular weight excluding hydrogens is 240 g/mol. The Balaban J connectivity index is 1.63. The number of amides is 1. The van der Waals surface area contributed by atoms with Crippen molar-refractivity contribution >= 4 is 11.6 Å². The highest BCUT2D eigenvalue weighted by Crippen LogP contribution is 2.25. The number of benzene rings is 1. The van der Waals surface area contributed by atoms with Crippen LogP contribution in [-0.4, -0.2) is 31.7 Å². The Kier molecular flexibility index (Phi) is 3.53. The van der Waals surface area contributed by atoms with Crippen LogP contribution in [0.15, 0.2) is 18.2 Å². The fourth-order valence-electron chi connectivity index (χ4n) is 2.96. The van der Waals surface area contributed by atoms with Crippen molar-refractivity contribution in [2.24, 2.45) is 0 Å². The second kappa shape index (κ2) is 5.31. The second-order valence-corrected chi connectivity index (χ2v) is 5.38. The molecule has 0 bridgehead atoms. The van der Waals surface area contributed by atoms with Crippen molar-refractivity contribution in [2.45, 2.75) is 37.8 Å². The normalized spacial score (nSPS) is 25.3. The summed E-state index contributed by atoms with van der Waals surface area (Å²) < 4.78 is 5.26. The largest absolute Gasteiger partial charge is 0.380 e. The first-order chi connectivity index (χ1) is 9.26. The Morgan fingerprint density at radius 1 is 1.37 bits per heavy atom. The molecule has 1 aromatic carbocycles. The first-order valence-corrected chi connectivity index (χ1v) is 6.95. The van der Waals surface area contributed by atoms with Gasteiger partial charge in [-0.1, -0.05) is 6.07 Å². The van der Waals surface area contributed by atoms with Gasteiger partial charge < -0.3 is 15.4 Å². The molecule has 1 aliphatic carbocycles. The molecule has 3 rings (SSSR count). The maximum atomic E-state index is 12.1. The molecule has 0 spiro atoms. The van der Waals surface area contributed by atoms with E-state index in [1.54, 1.807) is 7.11 Å². The van der Waals surface area contributed by atoms with Crippen molar-refractivity contribution in [2.75, 3.05) is 19.0 Å². The fourth-order valence-corrected chi connectivity index (χ4v) is 2.96. The summed E-state index contributed by atoms with van der Waals surface area (Å²) in [7, 11) is 1.69. The van der Waals surface area contributed by atoms with E-state index in [9.17, 15) is 4.79 Å². The Bertz CT molecular complexity index is 487. The summed E-state index contributed by atoms with van der Waals surface area (Å²) in [5.74, 6) is 0.0393. The number of methoxy groups -OCH3 is 1. The number of aryl methyl sites for hydroxylation is 2. The van der Waals surface area contributed by atoms with Crippen LogP contribution in [0.1, 0.15) is 24.0 Å². The minimum Gasteiger partial charge on any atom is -0.380 e. The Hall–Kier alpha value is -1.39. The van der Waals surface area contributed by atoms with Gasteiger partial charge in [-0.05, 0) is 48.9 Å². The zero-order valence-electron chi connectivity index (χ0n) is 11.2. The summed E-state index contributed by atoms with van der Waals surface area (Å²) >= 11 is 0. The van der Waals surface area contributed by atoms with Crippen LogP contribution in [0.25, 0.3) is 0 Å². The molecule has 1 aromatic rings. The molecule has 102 valence electrons. The highest BCUT2D eigenvalue weighted by Gasteiger charge is 2.29. The minimum atomic E-state index is -0.141. The van der Waals surface area contributed by atoms with Gasteiger partial charge in [0.05, 0.1) is 12.1 Å². The topological polar surface area (TPSA) is 50.4 Å². The van der Waals surface area contributed by atoms with Crippen molar-refractivity contribution < 1.29 is 9.53 Å². The summed E-state index contributed by atoms with van der Waals surface area (Å²) in [6.45, 7) is 0.749. The molecule has 0 aromatic heterocycles. The van der Waals surface area contributed by atoms with Gasteiger partial charge in [0.25, 0.3) is 0 Å². The number of rotatable bonds is 3. The highest BCUT2D eigenvalue weighted by atomic mass is 16.5. The molecule has 2 aliphatic rings. The number of hydrogen-bond acceptors (Lipinski definition) is 3. The van der Waals surface area contributed by atoms with E-state index in [1.807, 2.05) is 6.07 Å². The summed E-state index contributed by atoms with van der Waals surface area (Å²) in [5, 5.41) is 6.19. The minimum absolute atomic E-state index is 0.0393. The molecule has 1 saturated heterocycles. The molecule has 1 fully saturated rings. The summed E-state index contributed by atoms with van der Waals surface area (Å²) in [4.78, 5) is 12.1. The summed E-state index contributed by atoms with van der Waals surface area (Å²) in [6, 6.07) is 6.12. The monoisotopic (exact) mass is 260 g/mol. The average Bonchev–Trinajstić information content (AvgIpc) is 3.06. The number of nitrogens with one attached hydrogen (secondary N) is 2. The maximum Gasteiger partial charge on any atom is 0.241 e. The summed E-state index contributed by atoms with van der Waals surface area (Å²) in [6.07, 6.45) is 4.42. The number of ether oxygens (including phenoxy) is 1. The molecule has 1 amide bonds. The number of hydrogen-bond donors (Lipinski definition) is 2. The van der Waals surface area contributed by atoms with Crippen LogP contribution in [0.3, 0.4) is 0 Å². The smallest absolute Gasteiger partial charge is 0.241 e. The van der Waals surface area contributed by atoms with E-state index in [0.29, 0.717) is 0 Å². The van der Waals surface area contributed by atoms with Crippen molar-refractivity contribution in [3.05, 3.63) is 29.3 Å². The van der Waals surface area contributed by atoms with Gasteiger partial charge in [-0.3, -0.25) is 4.79 Å². The van der Waals surface area contributed by atoms with E-state index in [2.05, 4.69) is 22.8 Å². The summed E-state index contributed by atoms with van der Waals surface area (Å²) in [5.41, 5.74) is 3.72. The molecule has 2 unspecified atom stereocenters. The molecule has 4 nitrogen and oxygen atoms in total. The van der Waals surface area contributed by atoms with E-state index in [4.69, 9.17) is 4.74 Å².